The van der Waals surface area contributed by atoms with E-state index in [9.17, 15) is 13.2 Å². The fourth-order valence-electron chi connectivity index (χ4n) is 2.31. The molecule has 0 bridgehead atoms. The zero-order valence-electron chi connectivity index (χ0n) is 12.2. The molecule has 1 fully saturated rings. The summed E-state index contributed by atoms with van der Waals surface area (Å²) in [4.78, 5) is 14.0. The predicted octanol–water partition coefficient (Wildman–Crippen LogP) is 2.16. The normalized spacial score (nSPS) is 15.2. The number of hydrogen-bond donors (Lipinski definition) is 1. The van der Waals surface area contributed by atoms with Crippen molar-refractivity contribution in [1.82, 2.24) is 15.1 Å². The van der Waals surface area contributed by atoms with Crippen LogP contribution in [0, 0.1) is 5.92 Å². The number of carbonyl (C=O) groups excluding carboxylic acids is 1. The summed E-state index contributed by atoms with van der Waals surface area (Å²) in [6.07, 6.45) is 3.45. The summed E-state index contributed by atoms with van der Waals surface area (Å²) in [7, 11) is 1.49. The number of nitrogens with one attached hydrogen (secondary N) is 1. The minimum absolute atomic E-state index is 0.0871. The molecule has 21 heavy (non-hydrogen) atoms. The van der Waals surface area contributed by atoms with E-state index in [2.05, 4.69) is 10.2 Å². The minimum atomic E-state index is -4.01. The maximum Gasteiger partial charge on any atom is 0.275 e. The molecule has 0 aliphatic heterocycles. The Kier molecular flexibility index (Phi) is 4.93. The summed E-state index contributed by atoms with van der Waals surface area (Å²) in [5.41, 5.74) is 0.314. The fraction of sp³-hybridized carbons (Fsp3) is 0.692. The number of carbonyl (C=O) groups is 1. The zero-order valence-corrected chi connectivity index (χ0v) is 13.8. The van der Waals surface area contributed by atoms with Crippen LogP contribution in [0.5, 0.6) is 0 Å². The molecule has 1 amide bonds. The Bertz CT molecular complexity index is 623. The topological polar surface area (TPSA) is 83.1 Å². The Morgan fingerprint density at radius 2 is 2.10 bits per heavy atom. The molecule has 1 aromatic heterocycles. The second-order valence-electron chi connectivity index (χ2n) is 5.35. The molecule has 1 aromatic rings. The molecular formula is C13H20ClN3O3S. The van der Waals surface area contributed by atoms with Crippen molar-refractivity contribution in [2.45, 2.75) is 44.4 Å². The molecule has 1 aliphatic carbocycles. The summed E-state index contributed by atoms with van der Waals surface area (Å²) in [5, 5.41) is 6.57. The first-order valence-electron chi connectivity index (χ1n) is 7.19. The first kappa shape index (κ1) is 16.3. The molecule has 0 aromatic carbocycles. The molecule has 1 heterocycles. The first-order valence-corrected chi connectivity index (χ1v) is 9.50. The molecule has 0 atom stereocenters. The van der Waals surface area contributed by atoms with Crippen LogP contribution in [0.4, 0.5) is 0 Å². The number of nitrogens with zero attached hydrogens (tertiary/aromatic N) is 2. The van der Waals surface area contributed by atoms with Crippen molar-refractivity contribution in [3.05, 3.63) is 11.4 Å². The van der Waals surface area contributed by atoms with Crippen molar-refractivity contribution in [1.29, 1.82) is 0 Å². The van der Waals surface area contributed by atoms with Gasteiger partial charge in [-0.15, -0.1) is 0 Å². The number of amides is 1. The first-order chi connectivity index (χ1) is 9.88. The van der Waals surface area contributed by atoms with Gasteiger partial charge < -0.3 is 4.90 Å². The summed E-state index contributed by atoms with van der Waals surface area (Å²) in [6, 6.07) is 0. The van der Waals surface area contributed by atoms with Crippen LogP contribution in [0.2, 0.25) is 0 Å². The Morgan fingerprint density at radius 3 is 2.57 bits per heavy atom. The van der Waals surface area contributed by atoms with Gasteiger partial charge >= 0.3 is 0 Å². The number of rotatable bonds is 7. The van der Waals surface area contributed by atoms with Gasteiger partial charge in [-0.3, -0.25) is 9.89 Å². The van der Waals surface area contributed by atoms with E-state index in [0.717, 1.165) is 19.3 Å². The molecule has 0 radical (unpaired) electrons. The Balaban J connectivity index is 2.35. The van der Waals surface area contributed by atoms with E-state index in [0.29, 0.717) is 31.1 Å². The van der Waals surface area contributed by atoms with Gasteiger partial charge in [0.2, 0.25) is 0 Å². The van der Waals surface area contributed by atoms with E-state index in [1.165, 1.54) is 0 Å². The van der Waals surface area contributed by atoms with Crippen LogP contribution < -0.4 is 0 Å². The van der Waals surface area contributed by atoms with E-state index in [4.69, 9.17) is 10.7 Å². The Morgan fingerprint density at radius 1 is 1.43 bits per heavy atom. The lowest BCUT2D eigenvalue weighted by Crippen LogP contribution is -2.33. The summed E-state index contributed by atoms with van der Waals surface area (Å²) in [6.45, 7) is 4.95. The summed E-state index contributed by atoms with van der Waals surface area (Å²) in [5.74, 6) is 0.154. The number of halogens is 1. The molecule has 1 saturated carbocycles. The minimum Gasteiger partial charge on any atom is -0.337 e. The van der Waals surface area contributed by atoms with Crippen LogP contribution in [0.3, 0.4) is 0 Å². The molecule has 8 heteroatoms. The molecule has 1 N–H and O–H groups in total. The molecule has 6 nitrogen and oxygen atoms in total. The fourth-order valence-corrected chi connectivity index (χ4v) is 3.62. The molecule has 1 aliphatic rings. The van der Waals surface area contributed by atoms with E-state index in [-0.39, 0.29) is 16.5 Å². The quantitative estimate of drug-likeness (QED) is 0.775. The SMILES string of the molecule is CCCc1[nH]nc(C(=O)N(CC)CC2CC2)c1S(=O)(=O)Cl. The van der Waals surface area contributed by atoms with Crippen molar-refractivity contribution < 1.29 is 13.2 Å². The summed E-state index contributed by atoms with van der Waals surface area (Å²) < 4.78 is 23.6. The lowest BCUT2D eigenvalue weighted by atomic mass is 10.2. The lowest BCUT2D eigenvalue weighted by Gasteiger charge is -2.19. The molecular weight excluding hydrogens is 314 g/mol. The third-order valence-electron chi connectivity index (χ3n) is 3.58. The van der Waals surface area contributed by atoms with Crippen molar-refractivity contribution in [3.63, 3.8) is 0 Å². The van der Waals surface area contributed by atoms with Gasteiger partial charge in [0.05, 0.1) is 5.69 Å². The van der Waals surface area contributed by atoms with Crippen molar-refractivity contribution >= 4 is 25.6 Å². The average Bonchev–Trinajstić information content (AvgIpc) is 3.12. The van der Waals surface area contributed by atoms with Crippen LogP contribution in [-0.4, -0.2) is 42.5 Å². The zero-order chi connectivity index (χ0) is 15.6. The lowest BCUT2D eigenvalue weighted by molar-refractivity contribution is 0.0747. The summed E-state index contributed by atoms with van der Waals surface area (Å²) >= 11 is 0. The number of H-pyrrole nitrogens is 1. The van der Waals surface area contributed by atoms with Crippen molar-refractivity contribution in [2.24, 2.45) is 5.92 Å². The van der Waals surface area contributed by atoms with Crippen LogP contribution in [0.15, 0.2) is 4.90 Å². The van der Waals surface area contributed by atoms with Gasteiger partial charge in [0.15, 0.2) is 5.69 Å². The number of aryl methyl sites for hydroxylation is 1. The van der Waals surface area contributed by atoms with Gasteiger partial charge in [0.1, 0.15) is 4.90 Å². The molecule has 0 spiro atoms. The molecule has 0 saturated heterocycles. The maximum atomic E-state index is 12.5. The van der Waals surface area contributed by atoms with Crippen molar-refractivity contribution in [3.8, 4) is 0 Å². The van der Waals surface area contributed by atoms with Crippen LogP contribution in [0.25, 0.3) is 0 Å². The average molecular weight is 334 g/mol. The third kappa shape index (κ3) is 3.77. The highest BCUT2D eigenvalue weighted by Crippen LogP contribution is 2.31. The van der Waals surface area contributed by atoms with Gasteiger partial charge in [-0.2, -0.15) is 5.10 Å². The van der Waals surface area contributed by atoms with E-state index in [1.54, 1.807) is 4.90 Å². The highest BCUT2D eigenvalue weighted by atomic mass is 35.7. The van der Waals surface area contributed by atoms with Gasteiger partial charge in [-0.05, 0) is 32.1 Å². The number of aromatic nitrogens is 2. The van der Waals surface area contributed by atoms with Crippen LogP contribution in [0.1, 0.15) is 49.3 Å². The van der Waals surface area contributed by atoms with E-state index in [1.807, 2.05) is 13.8 Å². The van der Waals surface area contributed by atoms with Gasteiger partial charge in [-0.25, -0.2) is 8.42 Å². The van der Waals surface area contributed by atoms with Crippen LogP contribution in [-0.2, 0) is 15.5 Å². The second kappa shape index (κ2) is 6.36. The van der Waals surface area contributed by atoms with Crippen molar-refractivity contribution in [2.75, 3.05) is 13.1 Å². The molecule has 2 rings (SSSR count). The molecule has 118 valence electrons. The smallest absolute Gasteiger partial charge is 0.275 e. The largest absolute Gasteiger partial charge is 0.337 e. The van der Waals surface area contributed by atoms with Gasteiger partial charge in [-0.1, -0.05) is 13.3 Å². The van der Waals surface area contributed by atoms with Gasteiger partial charge in [0.25, 0.3) is 15.0 Å². The Labute approximate surface area is 129 Å². The number of hydrogen-bond acceptors (Lipinski definition) is 4. The molecule has 0 unspecified atom stereocenters. The Hall–Kier alpha value is -1.08. The van der Waals surface area contributed by atoms with Crippen LogP contribution >= 0.6 is 10.7 Å². The highest BCUT2D eigenvalue weighted by Gasteiger charge is 2.32. The second-order valence-corrected chi connectivity index (χ2v) is 7.86. The standard InChI is InChI=1S/C13H20ClN3O3S/c1-3-5-10-12(21(14,19)20)11(16-15-10)13(18)17(4-2)8-9-6-7-9/h9H,3-8H2,1-2H3,(H,15,16). The third-order valence-corrected chi connectivity index (χ3v) is 4.97. The van der Waals surface area contributed by atoms with E-state index >= 15 is 0 Å². The predicted molar refractivity (Wildman–Crippen MR) is 79.9 cm³/mol. The monoisotopic (exact) mass is 333 g/mol. The highest BCUT2D eigenvalue weighted by molar-refractivity contribution is 8.13. The number of aromatic amines is 1. The maximum absolute atomic E-state index is 12.5. The van der Waals surface area contributed by atoms with Gasteiger partial charge in [0, 0.05) is 23.8 Å². The van der Waals surface area contributed by atoms with E-state index < -0.39 is 9.05 Å².